The molecule has 1 aromatic carbocycles. The first-order valence-corrected chi connectivity index (χ1v) is 6.77. The van der Waals surface area contributed by atoms with Crippen LogP contribution in [0.15, 0.2) is 24.3 Å². The van der Waals surface area contributed by atoms with Gasteiger partial charge in [-0.25, -0.2) is 0 Å². The number of halogens is 1. The van der Waals surface area contributed by atoms with E-state index in [1.165, 1.54) is 25.7 Å². The number of carbonyl (C=O) groups excluding carboxylic acids is 1. The van der Waals surface area contributed by atoms with Crippen molar-refractivity contribution in [3.8, 4) is 0 Å². The molecule has 0 aromatic heterocycles. The van der Waals surface area contributed by atoms with Gasteiger partial charge < -0.3 is 5.32 Å². The number of hydrogen-bond acceptors (Lipinski definition) is 1. The number of alkyl halides is 1. The lowest BCUT2D eigenvalue weighted by atomic mass is 10.0. The molecule has 92 valence electrons. The largest absolute Gasteiger partial charge is 0.326 e. The van der Waals surface area contributed by atoms with Crippen LogP contribution < -0.4 is 5.32 Å². The summed E-state index contributed by atoms with van der Waals surface area (Å²) in [5, 5.41) is 2.96. The minimum Gasteiger partial charge on any atom is -0.326 e. The minimum absolute atomic E-state index is 0.120. The zero-order chi connectivity index (χ0) is 12.1. The summed E-state index contributed by atoms with van der Waals surface area (Å²) in [6, 6.07) is 7.70. The van der Waals surface area contributed by atoms with Gasteiger partial charge in [-0.1, -0.05) is 31.0 Å². The van der Waals surface area contributed by atoms with Crippen LogP contribution in [0.25, 0.3) is 0 Å². The predicted molar refractivity (Wildman–Crippen MR) is 71.2 cm³/mol. The van der Waals surface area contributed by atoms with E-state index in [9.17, 15) is 4.79 Å². The van der Waals surface area contributed by atoms with Crippen LogP contribution >= 0.6 is 11.6 Å². The average Bonchev–Trinajstić information content (AvgIpc) is 2.82. The van der Waals surface area contributed by atoms with Crippen molar-refractivity contribution >= 4 is 23.2 Å². The molecule has 1 aromatic rings. The van der Waals surface area contributed by atoms with Gasteiger partial charge in [0.05, 0.1) is 0 Å². The fourth-order valence-corrected chi connectivity index (χ4v) is 2.67. The molecular formula is C14H18ClNO. The summed E-state index contributed by atoms with van der Waals surface area (Å²) in [4.78, 5) is 11.9. The van der Waals surface area contributed by atoms with Crippen LogP contribution in [-0.2, 0) is 10.7 Å². The number of carbonyl (C=O) groups is 1. The van der Waals surface area contributed by atoms with Crippen LogP contribution in [0.5, 0.6) is 0 Å². The second-order valence-electron chi connectivity index (χ2n) is 4.69. The van der Waals surface area contributed by atoms with Crippen LogP contribution in [0, 0.1) is 5.92 Å². The van der Waals surface area contributed by atoms with Gasteiger partial charge in [0.1, 0.15) is 0 Å². The summed E-state index contributed by atoms with van der Waals surface area (Å²) < 4.78 is 0. The first-order valence-electron chi connectivity index (χ1n) is 6.23. The molecule has 0 atom stereocenters. The van der Waals surface area contributed by atoms with Crippen LogP contribution in [0.3, 0.4) is 0 Å². The predicted octanol–water partition coefficient (Wildman–Crippen LogP) is 3.94. The van der Waals surface area contributed by atoms with E-state index >= 15 is 0 Å². The fraction of sp³-hybridized carbons (Fsp3) is 0.500. The van der Waals surface area contributed by atoms with E-state index in [2.05, 4.69) is 5.32 Å². The summed E-state index contributed by atoms with van der Waals surface area (Å²) in [6.07, 6.45) is 5.60. The highest BCUT2D eigenvalue weighted by Crippen LogP contribution is 2.28. The molecule has 1 N–H and O–H groups in total. The second kappa shape index (κ2) is 6.06. The number of hydrogen-bond donors (Lipinski definition) is 1. The van der Waals surface area contributed by atoms with Gasteiger partial charge in [-0.05, 0) is 30.4 Å². The molecule has 2 nitrogen and oxygen atoms in total. The fourth-order valence-electron chi connectivity index (χ4n) is 2.44. The highest BCUT2D eigenvalue weighted by atomic mass is 35.5. The maximum absolute atomic E-state index is 11.9. The molecule has 0 spiro atoms. The van der Waals surface area contributed by atoms with Gasteiger partial charge in [0, 0.05) is 18.0 Å². The van der Waals surface area contributed by atoms with E-state index in [1.807, 2.05) is 24.3 Å². The number of rotatable bonds is 4. The molecule has 0 bridgehead atoms. The first kappa shape index (κ1) is 12.4. The van der Waals surface area contributed by atoms with Gasteiger partial charge in [0.25, 0.3) is 0 Å². The van der Waals surface area contributed by atoms with Crippen molar-refractivity contribution in [1.82, 2.24) is 0 Å². The van der Waals surface area contributed by atoms with E-state index in [0.717, 1.165) is 11.3 Å². The summed E-state index contributed by atoms with van der Waals surface area (Å²) in [5.74, 6) is 1.13. The van der Waals surface area contributed by atoms with E-state index in [1.54, 1.807) is 0 Å². The monoisotopic (exact) mass is 251 g/mol. The van der Waals surface area contributed by atoms with Crippen LogP contribution in [0.1, 0.15) is 37.7 Å². The van der Waals surface area contributed by atoms with Crippen molar-refractivity contribution < 1.29 is 4.79 Å². The normalized spacial score (nSPS) is 16.1. The molecule has 17 heavy (non-hydrogen) atoms. The van der Waals surface area contributed by atoms with Crippen molar-refractivity contribution in [3.05, 3.63) is 29.8 Å². The summed E-state index contributed by atoms with van der Waals surface area (Å²) in [7, 11) is 0. The third kappa shape index (κ3) is 3.47. The topological polar surface area (TPSA) is 29.1 Å². The van der Waals surface area contributed by atoms with Crippen LogP contribution in [-0.4, -0.2) is 5.91 Å². The number of nitrogens with one attached hydrogen (secondary N) is 1. The van der Waals surface area contributed by atoms with E-state index in [4.69, 9.17) is 11.6 Å². The maximum atomic E-state index is 11.9. The third-order valence-corrected chi connectivity index (χ3v) is 3.67. The summed E-state index contributed by atoms with van der Waals surface area (Å²) in [5.41, 5.74) is 1.83. The van der Waals surface area contributed by atoms with E-state index in [-0.39, 0.29) is 5.91 Å². The van der Waals surface area contributed by atoms with Gasteiger partial charge in [-0.2, -0.15) is 0 Å². The van der Waals surface area contributed by atoms with E-state index in [0.29, 0.717) is 18.2 Å². The number of amides is 1. The molecule has 1 saturated carbocycles. The quantitative estimate of drug-likeness (QED) is 0.807. The van der Waals surface area contributed by atoms with Crippen molar-refractivity contribution in [2.75, 3.05) is 5.32 Å². The number of para-hydroxylation sites is 1. The van der Waals surface area contributed by atoms with Gasteiger partial charge in [-0.15, -0.1) is 11.6 Å². The maximum Gasteiger partial charge on any atom is 0.224 e. The molecule has 0 aliphatic heterocycles. The lowest BCUT2D eigenvalue weighted by Crippen LogP contribution is -2.15. The molecule has 1 aliphatic rings. The SMILES string of the molecule is O=C(CC1CCCC1)Nc1ccccc1CCl. The van der Waals surface area contributed by atoms with Gasteiger partial charge in [0.2, 0.25) is 5.91 Å². The Balaban J connectivity index is 1.92. The molecule has 3 heteroatoms. The molecule has 0 heterocycles. The van der Waals surface area contributed by atoms with Crippen molar-refractivity contribution in [3.63, 3.8) is 0 Å². The van der Waals surface area contributed by atoms with Gasteiger partial charge >= 0.3 is 0 Å². The Bertz CT molecular complexity index is 386. The highest BCUT2D eigenvalue weighted by molar-refractivity contribution is 6.17. The zero-order valence-corrected chi connectivity index (χ0v) is 10.7. The second-order valence-corrected chi connectivity index (χ2v) is 4.96. The molecule has 1 amide bonds. The smallest absolute Gasteiger partial charge is 0.224 e. The lowest BCUT2D eigenvalue weighted by Gasteiger charge is -2.11. The number of anilines is 1. The highest BCUT2D eigenvalue weighted by Gasteiger charge is 2.18. The molecule has 0 unspecified atom stereocenters. The Labute approximate surface area is 107 Å². The van der Waals surface area contributed by atoms with E-state index < -0.39 is 0 Å². The Hall–Kier alpha value is -1.02. The Kier molecular flexibility index (Phi) is 4.43. The molecule has 0 saturated heterocycles. The van der Waals surface area contributed by atoms with Crippen LogP contribution in [0.2, 0.25) is 0 Å². The molecule has 0 radical (unpaired) electrons. The Morgan fingerprint density at radius 2 is 2.00 bits per heavy atom. The third-order valence-electron chi connectivity index (χ3n) is 3.38. The molecule has 1 fully saturated rings. The Morgan fingerprint density at radius 1 is 1.29 bits per heavy atom. The summed E-state index contributed by atoms with van der Waals surface area (Å²) >= 11 is 5.83. The average molecular weight is 252 g/mol. The zero-order valence-electron chi connectivity index (χ0n) is 9.92. The van der Waals surface area contributed by atoms with Crippen molar-refractivity contribution in [2.24, 2.45) is 5.92 Å². The summed E-state index contributed by atoms with van der Waals surface area (Å²) in [6.45, 7) is 0. The first-order chi connectivity index (χ1) is 8.29. The minimum atomic E-state index is 0.120. The number of benzene rings is 1. The standard InChI is InChI=1S/C14H18ClNO/c15-10-12-7-3-4-8-13(12)16-14(17)9-11-5-1-2-6-11/h3-4,7-8,11H,1-2,5-6,9-10H2,(H,16,17). The Morgan fingerprint density at radius 3 is 2.71 bits per heavy atom. The molecule has 1 aliphatic carbocycles. The van der Waals surface area contributed by atoms with Crippen molar-refractivity contribution in [1.29, 1.82) is 0 Å². The van der Waals surface area contributed by atoms with Crippen LogP contribution in [0.4, 0.5) is 5.69 Å². The molecule has 2 rings (SSSR count). The van der Waals surface area contributed by atoms with Gasteiger partial charge in [0.15, 0.2) is 0 Å². The lowest BCUT2D eigenvalue weighted by molar-refractivity contribution is -0.117. The molecular weight excluding hydrogens is 234 g/mol. The van der Waals surface area contributed by atoms with Gasteiger partial charge in [-0.3, -0.25) is 4.79 Å². The van der Waals surface area contributed by atoms with Crippen molar-refractivity contribution in [2.45, 2.75) is 38.0 Å².